The maximum atomic E-state index is 13.1. The van der Waals surface area contributed by atoms with E-state index in [2.05, 4.69) is 16.4 Å². The van der Waals surface area contributed by atoms with Crippen LogP contribution in [0.4, 0.5) is 0 Å². The average Bonchev–Trinajstić information content (AvgIpc) is 3.48. The molecule has 2 aliphatic rings. The standard InChI is InChI=1S/C26H23N3O4/c1-12-18(30)10-19(31)26(33-12)29-17-9-5-3-7-14(17)21-22-15(11-27-25(22)32)20-13-6-2-4-8-16(13)28-23(20)24(21)29/h2-9,12,18-19,26,28,30-31H,10-11H2,1H3,(H,27,32)/t12-,18?,19+,26?/m0/s1. The summed E-state index contributed by atoms with van der Waals surface area (Å²) in [5.41, 5.74) is 5.32. The van der Waals surface area contributed by atoms with Gasteiger partial charge in [-0.3, -0.25) is 4.79 Å². The molecule has 33 heavy (non-hydrogen) atoms. The van der Waals surface area contributed by atoms with Gasteiger partial charge < -0.3 is 29.8 Å². The number of hydrogen-bond acceptors (Lipinski definition) is 4. The molecule has 4 N–H and O–H groups in total. The van der Waals surface area contributed by atoms with Crippen molar-refractivity contribution in [1.82, 2.24) is 14.9 Å². The van der Waals surface area contributed by atoms with E-state index >= 15 is 0 Å². The molecule has 7 nitrogen and oxygen atoms in total. The molecule has 0 saturated carbocycles. The van der Waals surface area contributed by atoms with Gasteiger partial charge in [0.2, 0.25) is 0 Å². The molecule has 0 radical (unpaired) electrons. The third-order valence-corrected chi connectivity index (χ3v) is 7.32. The molecule has 1 amide bonds. The largest absolute Gasteiger partial charge is 0.390 e. The van der Waals surface area contributed by atoms with Crippen LogP contribution in [0.2, 0.25) is 0 Å². The molecular formula is C26H23N3O4. The highest BCUT2D eigenvalue weighted by Gasteiger charge is 2.38. The van der Waals surface area contributed by atoms with Gasteiger partial charge in [-0.25, -0.2) is 0 Å². The van der Waals surface area contributed by atoms with Crippen molar-refractivity contribution in [3.63, 3.8) is 0 Å². The van der Waals surface area contributed by atoms with Gasteiger partial charge in [-0.2, -0.15) is 0 Å². The summed E-state index contributed by atoms with van der Waals surface area (Å²) in [6.45, 7) is 2.30. The molecule has 5 aromatic rings. The summed E-state index contributed by atoms with van der Waals surface area (Å²) in [7, 11) is 0. The van der Waals surface area contributed by atoms with Gasteiger partial charge in [0.25, 0.3) is 5.91 Å². The normalized spacial score (nSPS) is 25.4. The Morgan fingerprint density at radius 1 is 1.00 bits per heavy atom. The van der Waals surface area contributed by atoms with Crippen LogP contribution >= 0.6 is 0 Å². The number of aromatic nitrogens is 2. The zero-order chi connectivity index (χ0) is 22.4. The van der Waals surface area contributed by atoms with Gasteiger partial charge in [0.05, 0.1) is 34.3 Å². The maximum absolute atomic E-state index is 13.1. The van der Waals surface area contributed by atoms with Crippen molar-refractivity contribution < 1.29 is 19.7 Å². The highest BCUT2D eigenvalue weighted by Crippen LogP contribution is 2.45. The first-order valence-corrected chi connectivity index (χ1v) is 11.3. The first kappa shape index (κ1) is 19.1. The van der Waals surface area contributed by atoms with Crippen LogP contribution in [0.25, 0.3) is 43.6 Å². The number of benzene rings is 3. The van der Waals surface area contributed by atoms with E-state index < -0.39 is 24.5 Å². The van der Waals surface area contributed by atoms with Crippen LogP contribution in [0.15, 0.2) is 48.5 Å². The molecule has 0 bridgehead atoms. The van der Waals surface area contributed by atoms with Crippen molar-refractivity contribution in [1.29, 1.82) is 0 Å². The molecule has 2 aromatic heterocycles. The lowest BCUT2D eigenvalue weighted by Crippen LogP contribution is -2.43. The molecule has 0 spiro atoms. The summed E-state index contributed by atoms with van der Waals surface area (Å²) in [4.78, 5) is 16.7. The number of nitrogens with one attached hydrogen (secondary N) is 2. The van der Waals surface area contributed by atoms with Crippen molar-refractivity contribution >= 4 is 49.5 Å². The number of H-pyrrole nitrogens is 1. The predicted octanol–water partition coefficient (Wildman–Crippen LogP) is 3.70. The number of amides is 1. The second-order valence-corrected chi connectivity index (χ2v) is 9.17. The summed E-state index contributed by atoms with van der Waals surface area (Å²) in [5.74, 6) is -0.0843. The van der Waals surface area contributed by atoms with Crippen LogP contribution in [0.3, 0.4) is 0 Å². The van der Waals surface area contributed by atoms with Crippen LogP contribution in [-0.2, 0) is 11.3 Å². The Labute approximate surface area is 188 Å². The van der Waals surface area contributed by atoms with Crippen LogP contribution in [0.5, 0.6) is 0 Å². The number of hydrogen-bond donors (Lipinski definition) is 4. The van der Waals surface area contributed by atoms with E-state index in [9.17, 15) is 15.0 Å². The molecule has 7 rings (SSSR count). The number of carbonyl (C=O) groups is 1. The summed E-state index contributed by atoms with van der Waals surface area (Å²) in [6.07, 6.45) is -2.51. The Morgan fingerprint density at radius 3 is 2.61 bits per heavy atom. The summed E-state index contributed by atoms with van der Waals surface area (Å²) < 4.78 is 8.20. The fourth-order valence-corrected chi connectivity index (χ4v) is 5.81. The summed E-state index contributed by atoms with van der Waals surface area (Å²) >= 11 is 0. The smallest absolute Gasteiger partial charge is 0.252 e. The lowest BCUT2D eigenvalue weighted by atomic mass is 9.97. The monoisotopic (exact) mass is 441 g/mol. The molecule has 1 saturated heterocycles. The number of nitrogens with zero attached hydrogens (tertiary/aromatic N) is 1. The number of rotatable bonds is 1. The second-order valence-electron chi connectivity index (χ2n) is 9.17. The summed E-state index contributed by atoms with van der Waals surface area (Å²) in [6, 6.07) is 16.0. The molecule has 0 aliphatic carbocycles. The minimum atomic E-state index is -0.892. The first-order valence-electron chi connectivity index (χ1n) is 11.3. The fraction of sp³-hybridized carbons (Fsp3) is 0.269. The Kier molecular flexibility index (Phi) is 3.81. The summed E-state index contributed by atoms with van der Waals surface area (Å²) in [5, 5.41) is 28.2. The zero-order valence-electron chi connectivity index (χ0n) is 18.0. The van der Waals surface area contributed by atoms with Crippen LogP contribution in [0.1, 0.15) is 35.5 Å². The van der Waals surface area contributed by atoms with Crippen molar-refractivity contribution in [2.24, 2.45) is 0 Å². The third kappa shape index (κ3) is 2.41. The van der Waals surface area contributed by atoms with E-state index in [1.54, 1.807) is 0 Å². The molecule has 4 atom stereocenters. The van der Waals surface area contributed by atoms with E-state index in [1.807, 2.05) is 54.0 Å². The number of fused-ring (bicyclic) bond motifs is 10. The van der Waals surface area contributed by atoms with E-state index in [4.69, 9.17) is 4.74 Å². The fourth-order valence-electron chi connectivity index (χ4n) is 5.81. The molecule has 2 unspecified atom stereocenters. The van der Waals surface area contributed by atoms with Gasteiger partial charge in [-0.05, 0) is 24.6 Å². The van der Waals surface area contributed by atoms with Crippen LogP contribution in [0, 0.1) is 0 Å². The van der Waals surface area contributed by atoms with Gasteiger partial charge in [-0.1, -0.05) is 36.4 Å². The van der Waals surface area contributed by atoms with Gasteiger partial charge in [0.1, 0.15) is 6.10 Å². The van der Waals surface area contributed by atoms with Crippen molar-refractivity contribution in [3.8, 4) is 0 Å². The maximum Gasteiger partial charge on any atom is 0.252 e. The lowest BCUT2D eigenvalue weighted by Gasteiger charge is -2.37. The minimum Gasteiger partial charge on any atom is -0.390 e. The second kappa shape index (κ2) is 6.57. The number of aromatic amines is 1. The van der Waals surface area contributed by atoms with Crippen LogP contribution in [-0.4, -0.2) is 44.0 Å². The number of aliphatic hydroxyl groups excluding tert-OH is 2. The first-order chi connectivity index (χ1) is 16.0. The molecule has 7 heteroatoms. The van der Waals surface area contributed by atoms with Gasteiger partial charge in [0.15, 0.2) is 6.23 Å². The van der Waals surface area contributed by atoms with E-state index in [0.29, 0.717) is 12.1 Å². The van der Waals surface area contributed by atoms with Crippen LogP contribution < -0.4 is 5.32 Å². The quantitative estimate of drug-likeness (QED) is 0.319. The number of ether oxygens (including phenoxy) is 1. The Morgan fingerprint density at radius 2 is 1.76 bits per heavy atom. The van der Waals surface area contributed by atoms with Gasteiger partial charge in [0, 0.05) is 40.0 Å². The molecule has 4 heterocycles. The van der Waals surface area contributed by atoms with Gasteiger partial charge in [-0.15, -0.1) is 0 Å². The molecule has 166 valence electrons. The van der Waals surface area contributed by atoms with E-state index in [-0.39, 0.29) is 12.3 Å². The van der Waals surface area contributed by atoms with Crippen molar-refractivity contribution in [2.75, 3.05) is 0 Å². The number of para-hydroxylation sites is 2. The minimum absolute atomic E-state index is 0.0843. The highest BCUT2D eigenvalue weighted by molar-refractivity contribution is 6.30. The molecule has 3 aromatic carbocycles. The van der Waals surface area contributed by atoms with E-state index in [0.717, 1.165) is 49.2 Å². The van der Waals surface area contributed by atoms with Crippen molar-refractivity contribution in [3.05, 3.63) is 59.7 Å². The van der Waals surface area contributed by atoms with Crippen molar-refractivity contribution in [2.45, 2.75) is 44.4 Å². The molecular weight excluding hydrogens is 418 g/mol. The Balaban J connectivity index is 1.71. The zero-order valence-corrected chi connectivity index (χ0v) is 18.0. The average molecular weight is 441 g/mol. The lowest BCUT2D eigenvalue weighted by molar-refractivity contribution is -0.188. The van der Waals surface area contributed by atoms with E-state index in [1.165, 1.54) is 0 Å². The number of aliphatic hydroxyl groups is 2. The topological polar surface area (TPSA) is 99.5 Å². The van der Waals surface area contributed by atoms with Gasteiger partial charge >= 0.3 is 0 Å². The molecule has 2 aliphatic heterocycles. The SMILES string of the molecule is C[C@@H]1OC(n2c3ccccc3c3c4c(c5c6ccccc6[nH]c5c32)CNC4=O)[C@H](O)CC1O. The highest BCUT2D eigenvalue weighted by atomic mass is 16.5. The molecule has 1 fully saturated rings. The predicted molar refractivity (Wildman–Crippen MR) is 126 cm³/mol. The third-order valence-electron chi connectivity index (χ3n) is 7.32. The Hall–Kier alpha value is -3.39. The Bertz CT molecular complexity index is 1610. The number of carbonyl (C=O) groups excluding carboxylic acids is 1.